The summed E-state index contributed by atoms with van der Waals surface area (Å²) in [6.45, 7) is 2.38. The molecule has 1 aliphatic rings. The second-order valence-corrected chi connectivity index (χ2v) is 2.81. The number of nitrogens with zero attached hydrogens (tertiary/aromatic N) is 1. The Hall–Kier alpha value is -0.860. The molecule has 0 N–H and O–H groups in total. The van der Waals surface area contributed by atoms with Gasteiger partial charge in [-0.3, -0.25) is 4.79 Å². The molecular weight excluding hydrogens is 130 g/mol. The zero-order chi connectivity index (χ0) is 7.72. The third kappa shape index (κ3) is 0.916. The number of amides is 1. The molecular formula is C7H11NO2. The molecule has 3 heteroatoms. The first-order valence-corrected chi connectivity index (χ1v) is 3.37. The minimum atomic E-state index is -0.109. The van der Waals surface area contributed by atoms with E-state index >= 15 is 0 Å². The fourth-order valence-corrected chi connectivity index (χ4v) is 1.26. The lowest BCUT2D eigenvalue weighted by molar-refractivity contribution is -0.130. The Kier molecular flexibility index (Phi) is 1.74. The Balaban J connectivity index is 2.70. The van der Waals surface area contributed by atoms with Gasteiger partial charge in [0.2, 0.25) is 5.91 Å². The van der Waals surface area contributed by atoms with Crippen molar-refractivity contribution in [1.82, 2.24) is 4.90 Å². The number of carbonyl (C=O) groups excluding carboxylic acids is 2. The molecule has 0 bridgehead atoms. The summed E-state index contributed by atoms with van der Waals surface area (Å²) < 4.78 is 0. The van der Waals surface area contributed by atoms with Crippen LogP contribution < -0.4 is 0 Å². The van der Waals surface area contributed by atoms with Crippen LogP contribution in [0.2, 0.25) is 0 Å². The highest BCUT2D eigenvalue weighted by Gasteiger charge is 2.34. The van der Waals surface area contributed by atoms with E-state index in [4.69, 9.17) is 0 Å². The minimum Gasteiger partial charge on any atom is -0.345 e. The lowest BCUT2D eigenvalue weighted by Gasteiger charge is -2.05. The average Bonchev–Trinajstić information content (AvgIpc) is 2.17. The van der Waals surface area contributed by atoms with Crippen LogP contribution in [-0.2, 0) is 9.59 Å². The monoisotopic (exact) mass is 141 g/mol. The van der Waals surface area contributed by atoms with E-state index in [-0.39, 0.29) is 17.7 Å². The number of hydrogen-bond donors (Lipinski definition) is 0. The first kappa shape index (κ1) is 7.25. The molecule has 0 saturated carbocycles. The van der Waals surface area contributed by atoms with Crippen LogP contribution in [0.3, 0.4) is 0 Å². The Bertz CT molecular complexity index is 167. The number of aldehydes is 1. The molecule has 0 unspecified atom stereocenters. The Morgan fingerprint density at radius 1 is 1.70 bits per heavy atom. The summed E-state index contributed by atoms with van der Waals surface area (Å²) in [5, 5.41) is 0. The molecule has 0 aromatic carbocycles. The summed E-state index contributed by atoms with van der Waals surface area (Å²) in [4.78, 5) is 23.0. The van der Waals surface area contributed by atoms with E-state index in [9.17, 15) is 9.59 Å². The van der Waals surface area contributed by atoms with Crippen molar-refractivity contribution in [3.05, 3.63) is 0 Å². The van der Waals surface area contributed by atoms with Crippen LogP contribution in [0.15, 0.2) is 0 Å². The summed E-state index contributed by atoms with van der Waals surface area (Å²) in [6.07, 6.45) is 0.867. The smallest absolute Gasteiger partial charge is 0.225 e. The molecule has 1 rings (SSSR count). The molecule has 1 saturated heterocycles. The van der Waals surface area contributed by atoms with Crippen LogP contribution in [0.1, 0.15) is 6.92 Å². The lowest BCUT2D eigenvalue weighted by atomic mass is 10.00. The molecule has 0 aliphatic carbocycles. The van der Waals surface area contributed by atoms with Gasteiger partial charge in [0.05, 0.1) is 0 Å². The quantitative estimate of drug-likeness (QED) is 0.478. The topological polar surface area (TPSA) is 37.4 Å². The minimum absolute atomic E-state index is 0.0806. The van der Waals surface area contributed by atoms with E-state index in [1.807, 2.05) is 0 Å². The molecule has 2 atom stereocenters. The second kappa shape index (κ2) is 2.40. The van der Waals surface area contributed by atoms with Gasteiger partial charge in [0.15, 0.2) is 0 Å². The average molecular weight is 141 g/mol. The van der Waals surface area contributed by atoms with Gasteiger partial charge in [0, 0.05) is 25.4 Å². The van der Waals surface area contributed by atoms with E-state index in [1.165, 1.54) is 0 Å². The number of likely N-dealkylation sites (tertiary alicyclic amines) is 1. The zero-order valence-corrected chi connectivity index (χ0v) is 6.20. The lowest BCUT2D eigenvalue weighted by Crippen LogP contribution is -2.21. The molecule has 0 spiro atoms. The van der Waals surface area contributed by atoms with Gasteiger partial charge in [-0.25, -0.2) is 0 Å². The first-order valence-electron chi connectivity index (χ1n) is 3.37. The maximum absolute atomic E-state index is 11.0. The predicted molar refractivity (Wildman–Crippen MR) is 36.4 cm³/mol. The van der Waals surface area contributed by atoms with Crippen molar-refractivity contribution < 1.29 is 9.59 Å². The molecule has 10 heavy (non-hydrogen) atoms. The maximum Gasteiger partial charge on any atom is 0.225 e. The number of carbonyl (C=O) groups is 2. The van der Waals surface area contributed by atoms with Gasteiger partial charge in [0.1, 0.15) is 6.29 Å². The van der Waals surface area contributed by atoms with Crippen molar-refractivity contribution in [3.8, 4) is 0 Å². The fourth-order valence-electron chi connectivity index (χ4n) is 1.26. The molecule has 1 aliphatic heterocycles. The SMILES string of the molecule is C[C@H]1C(=O)N(C)C[C@@H]1C=O. The van der Waals surface area contributed by atoms with Gasteiger partial charge in [0.25, 0.3) is 0 Å². The van der Waals surface area contributed by atoms with Crippen molar-refractivity contribution >= 4 is 12.2 Å². The molecule has 0 aromatic heterocycles. The second-order valence-electron chi connectivity index (χ2n) is 2.81. The summed E-state index contributed by atoms with van der Waals surface area (Å²) in [6, 6.07) is 0. The summed E-state index contributed by atoms with van der Waals surface area (Å²) in [5.41, 5.74) is 0. The molecule has 0 aromatic rings. The third-order valence-electron chi connectivity index (χ3n) is 2.07. The van der Waals surface area contributed by atoms with Crippen LogP contribution in [0.25, 0.3) is 0 Å². The fraction of sp³-hybridized carbons (Fsp3) is 0.714. The van der Waals surface area contributed by atoms with Gasteiger partial charge in [-0.05, 0) is 0 Å². The summed E-state index contributed by atoms with van der Waals surface area (Å²) in [7, 11) is 1.72. The van der Waals surface area contributed by atoms with Gasteiger partial charge in [-0.15, -0.1) is 0 Å². The third-order valence-corrected chi connectivity index (χ3v) is 2.07. The molecule has 0 radical (unpaired) electrons. The van der Waals surface area contributed by atoms with Gasteiger partial charge in [-0.1, -0.05) is 6.92 Å². The Morgan fingerprint density at radius 2 is 2.30 bits per heavy atom. The largest absolute Gasteiger partial charge is 0.345 e. The first-order chi connectivity index (χ1) is 4.66. The summed E-state index contributed by atoms with van der Waals surface area (Å²) in [5.74, 6) is -0.114. The number of hydrogen-bond acceptors (Lipinski definition) is 2. The molecule has 3 nitrogen and oxygen atoms in total. The van der Waals surface area contributed by atoms with Gasteiger partial charge < -0.3 is 9.69 Å². The normalized spacial score (nSPS) is 33.0. The van der Waals surface area contributed by atoms with Gasteiger partial charge in [-0.2, -0.15) is 0 Å². The van der Waals surface area contributed by atoms with Crippen LogP contribution >= 0.6 is 0 Å². The molecule has 1 fully saturated rings. The highest BCUT2D eigenvalue weighted by molar-refractivity contribution is 5.84. The standard InChI is InChI=1S/C7H11NO2/c1-5-6(4-9)3-8(2)7(5)10/h4-6H,3H2,1-2H3/t5-,6-/m1/s1. The van der Waals surface area contributed by atoms with Crippen LogP contribution in [0, 0.1) is 11.8 Å². The van der Waals surface area contributed by atoms with E-state index in [1.54, 1.807) is 18.9 Å². The predicted octanol–water partition coefficient (Wildman–Crippen LogP) is -0.0904. The van der Waals surface area contributed by atoms with Gasteiger partial charge >= 0.3 is 0 Å². The van der Waals surface area contributed by atoms with E-state index < -0.39 is 0 Å². The van der Waals surface area contributed by atoms with E-state index in [2.05, 4.69) is 0 Å². The number of rotatable bonds is 1. The van der Waals surface area contributed by atoms with Crippen LogP contribution in [-0.4, -0.2) is 30.7 Å². The molecule has 1 amide bonds. The highest BCUT2D eigenvalue weighted by Crippen LogP contribution is 2.20. The van der Waals surface area contributed by atoms with E-state index in [0.29, 0.717) is 6.54 Å². The van der Waals surface area contributed by atoms with E-state index in [0.717, 1.165) is 6.29 Å². The molecule has 1 heterocycles. The van der Waals surface area contributed by atoms with Crippen molar-refractivity contribution in [2.45, 2.75) is 6.92 Å². The maximum atomic E-state index is 11.0. The summed E-state index contributed by atoms with van der Waals surface area (Å²) >= 11 is 0. The van der Waals surface area contributed by atoms with Crippen molar-refractivity contribution in [3.63, 3.8) is 0 Å². The van der Waals surface area contributed by atoms with Crippen molar-refractivity contribution in [1.29, 1.82) is 0 Å². The Labute approximate surface area is 60.0 Å². The Morgan fingerprint density at radius 3 is 2.50 bits per heavy atom. The zero-order valence-electron chi connectivity index (χ0n) is 6.20. The van der Waals surface area contributed by atoms with Crippen molar-refractivity contribution in [2.24, 2.45) is 11.8 Å². The highest BCUT2D eigenvalue weighted by atomic mass is 16.2. The van der Waals surface area contributed by atoms with Crippen LogP contribution in [0.5, 0.6) is 0 Å². The molecule has 56 valence electrons. The van der Waals surface area contributed by atoms with Crippen LogP contribution in [0.4, 0.5) is 0 Å². The van der Waals surface area contributed by atoms with Crippen molar-refractivity contribution in [2.75, 3.05) is 13.6 Å².